The Labute approximate surface area is 77.7 Å². The fraction of sp³-hybridized carbons (Fsp3) is 0.600. The molecule has 0 rings (SSSR count). The number of carboxylic acids is 1. The Kier molecular flexibility index (Phi) is 8.67. The third kappa shape index (κ3) is 10.7. The molecule has 0 heterocycles. The Bertz CT molecular complexity index is 109. The first-order valence-corrected chi connectivity index (χ1v) is 2.48. The molecular weight excluding hydrogens is 215 g/mol. The minimum Gasteiger partial charge on any atom is -0.481 e. The second kappa shape index (κ2) is 6.94. The zero-order chi connectivity index (χ0) is 7.28. The van der Waals surface area contributed by atoms with Crippen molar-refractivity contribution < 1.29 is 45.6 Å². The molecule has 0 aliphatic rings. The number of carbonyl (C=O) groups excluding carboxylic acids is 1. The Morgan fingerprint density at radius 3 is 2.30 bits per heavy atom. The van der Waals surface area contributed by atoms with Crippen molar-refractivity contribution in [2.24, 2.45) is 0 Å². The number of esters is 1. The molecule has 0 bridgehead atoms. The molecule has 0 amide bonds. The maximum atomic E-state index is 10.0. The van der Waals surface area contributed by atoms with Crippen molar-refractivity contribution in [1.29, 1.82) is 0 Å². The van der Waals surface area contributed by atoms with Crippen LogP contribution < -0.4 is 0 Å². The molecule has 0 aromatic carbocycles. The van der Waals surface area contributed by atoms with Crippen molar-refractivity contribution >= 4 is 11.9 Å². The van der Waals surface area contributed by atoms with Crippen LogP contribution in [-0.2, 0) is 40.5 Å². The van der Waals surface area contributed by atoms with E-state index in [2.05, 4.69) is 4.74 Å². The summed E-state index contributed by atoms with van der Waals surface area (Å²) in [6.45, 7) is 1.20. The molecule has 0 unspecified atom stereocenters. The van der Waals surface area contributed by atoms with E-state index in [9.17, 15) is 9.59 Å². The van der Waals surface area contributed by atoms with Gasteiger partial charge in [-0.3, -0.25) is 9.59 Å². The molecule has 0 aliphatic heterocycles. The van der Waals surface area contributed by atoms with Crippen LogP contribution in [0.1, 0.15) is 13.3 Å². The van der Waals surface area contributed by atoms with Gasteiger partial charge in [0, 0.05) is 33.1 Å². The number of ether oxygens (including phenoxy) is 1. The number of hydrogen-bond acceptors (Lipinski definition) is 3. The van der Waals surface area contributed by atoms with Gasteiger partial charge in [-0.2, -0.15) is 0 Å². The van der Waals surface area contributed by atoms with Crippen LogP contribution in [0.4, 0.5) is 0 Å². The van der Waals surface area contributed by atoms with E-state index in [0.29, 0.717) is 0 Å². The minimum atomic E-state index is -0.962. The molecular formula is C5H8O4Zr. The van der Waals surface area contributed by atoms with Gasteiger partial charge in [-0.1, -0.05) is 0 Å². The summed E-state index contributed by atoms with van der Waals surface area (Å²) in [5, 5.41) is 8.04. The average molecular weight is 223 g/mol. The first-order valence-electron chi connectivity index (χ1n) is 2.48. The fourth-order valence-electron chi connectivity index (χ4n) is 0.282. The molecule has 0 aromatic rings. The summed E-state index contributed by atoms with van der Waals surface area (Å²) in [6.07, 6.45) is -0.125. The predicted octanol–water partition coefficient (Wildman–Crippen LogP) is 0.0217. The van der Waals surface area contributed by atoms with E-state index in [1.54, 1.807) is 0 Å². The van der Waals surface area contributed by atoms with Crippen molar-refractivity contribution in [2.45, 2.75) is 13.3 Å². The summed E-state index contributed by atoms with van der Waals surface area (Å²) in [5.41, 5.74) is 0. The quantitative estimate of drug-likeness (QED) is 0.685. The van der Waals surface area contributed by atoms with Crippen LogP contribution in [0.15, 0.2) is 0 Å². The Hall–Kier alpha value is -0.177. The van der Waals surface area contributed by atoms with Crippen LogP contribution in [0.3, 0.4) is 0 Å². The number of carbonyl (C=O) groups is 2. The first kappa shape index (κ1) is 12.5. The van der Waals surface area contributed by atoms with Gasteiger partial charge in [-0.05, 0) is 0 Å². The molecule has 0 saturated carbocycles. The normalized spacial score (nSPS) is 7.70. The van der Waals surface area contributed by atoms with Crippen molar-refractivity contribution in [1.82, 2.24) is 0 Å². The summed E-state index contributed by atoms with van der Waals surface area (Å²) < 4.78 is 4.33. The van der Waals surface area contributed by atoms with Crippen molar-refractivity contribution in [2.75, 3.05) is 6.61 Å². The van der Waals surface area contributed by atoms with Crippen LogP contribution in [0.25, 0.3) is 0 Å². The van der Waals surface area contributed by atoms with Gasteiger partial charge < -0.3 is 9.84 Å². The molecule has 0 radical (unpaired) electrons. The van der Waals surface area contributed by atoms with Gasteiger partial charge in [0.1, 0.15) is 6.61 Å². The number of aliphatic carboxylic acids is 1. The molecule has 56 valence electrons. The van der Waals surface area contributed by atoms with Crippen LogP contribution in [0.5, 0.6) is 0 Å². The third-order valence-corrected chi connectivity index (χ3v) is 0.621. The molecule has 0 aliphatic carbocycles. The summed E-state index contributed by atoms with van der Waals surface area (Å²) in [4.78, 5) is 19.8. The molecule has 0 spiro atoms. The maximum Gasteiger partial charge on any atom is 0.306 e. The third-order valence-electron chi connectivity index (χ3n) is 0.621. The van der Waals surface area contributed by atoms with Crippen LogP contribution >= 0.6 is 0 Å². The van der Waals surface area contributed by atoms with Gasteiger partial charge in [-0.15, -0.1) is 0 Å². The van der Waals surface area contributed by atoms with E-state index in [1.165, 1.54) is 6.92 Å². The van der Waals surface area contributed by atoms with E-state index in [4.69, 9.17) is 5.11 Å². The zero-order valence-electron chi connectivity index (χ0n) is 5.59. The van der Waals surface area contributed by atoms with Crippen LogP contribution in [0, 0.1) is 0 Å². The fourth-order valence-corrected chi connectivity index (χ4v) is 0.282. The monoisotopic (exact) mass is 222 g/mol. The van der Waals surface area contributed by atoms with Crippen LogP contribution in [-0.4, -0.2) is 23.7 Å². The minimum absolute atomic E-state index is 0. The Morgan fingerprint density at radius 2 is 2.00 bits per heavy atom. The van der Waals surface area contributed by atoms with Crippen LogP contribution in [0.2, 0.25) is 0 Å². The van der Waals surface area contributed by atoms with E-state index in [0.717, 1.165) is 0 Å². The summed E-state index contributed by atoms with van der Waals surface area (Å²) in [6, 6.07) is 0. The Morgan fingerprint density at radius 1 is 1.50 bits per heavy atom. The van der Waals surface area contributed by atoms with Gasteiger partial charge in [0.2, 0.25) is 0 Å². The van der Waals surface area contributed by atoms with Gasteiger partial charge >= 0.3 is 11.9 Å². The van der Waals surface area contributed by atoms with E-state index < -0.39 is 11.9 Å². The smallest absolute Gasteiger partial charge is 0.306 e. The molecule has 1 N–H and O–H groups in total. The molecule has 5 heteroatoms. The second-order valence-electron chi connectivity index (χ2n) is 1.48. The molecule has 0 atom stereocenters. The zero-order valence-corrected chi connectivity index (χ0v) is 8.04. The second-order valence-corrected chi connectivity index (χ2v) is 1.48. The van der Waals surface area contributed by atoms with Gasteiger partial charge in [0.15, 0.2) is 0 Å². The summed E-state index contributed by atoms with van der Waals surface area (Å²) >= 11 is 0. The maximum absolute atomic E-state index is 10.0. The number of hydrogen-bond donors (Lipinski definition) is 1. The number of rotatable bonds is 3. The predicted molar refractivity (Wildman–Crippen MR) is 28.9 cm³/mol. The standard InChI is InChI=1S/C5H8O4.Zr/c1-4(6)9-3-2-5(7)8;/h2-3H2,1H3,(H,7,8);. The van der Waals surface area contributed by atoms with E-state index in [1.807, 2.05) is 0 Å². The SMILES string of the molecule is CC(=O)OCCC(=O)O.[Zr]. The van der Waals surface area contributed by atoms with E-state index in [-0.39, 0.29) is 39.2 Å². The molecule has 0 aromatic heterocycles. The molecule has 0 fully saturated rings. The summed E-state index contributed by atoms with van der Waals surface area (Å²) in [5.74, 6) is -1.41. The first-order chi connectivity index (χ1) is 4.13. The van der Waals surface area contributed by atoms with Gasteiger partial charge in [0.05, 0.1) is 6.42 Å². The van der Waals surface area contributed by atoms with Crippen molar-refractivity contribution in [3.05, 3.63) is 0 Å². The van der Waals surface area contributed by atoms with Crippen molar-refractivity contribution in [3.63, 3.8) is 0 Å². The molecule has 10 heavy (non-hydrogen) atoms. The largest absolute Gasteiger partial charge is 0.481 e. The molecule has 0 saturated heterocycles. The Balaban J connectivity index is 0. The van der Waals surface area contributed by atoms with Gasteiger partial charge in [-0.25, -0.2) is 0 Å². The average Bonchev–Trinajstić information content (AvgIpc) is 1.63. The summed E-state index contributed by atoms with van der Waals surface area (Å²) in [7, 11) is 0. The van der Waals surface area contributed by atoms with Gasteiger partial charge in [0.25, 0.3) is 0 Å². The molecule has 4 nitrogen and oxygen atoms in total. The number of carboxylic acid groups (broad SMARTS) is 1. The topological polar surface area (TPSA) is 63.6 Å². The van der Waals surface area contributed by atoms with E-state index >= 15 is 0 Å². The van der Waals surface area contributed by atoms with Crippen molar-refractivity contribution in [3.8, 4) is 0 Å².